The number of hydrogen-bond acceptors (Lipinski definition) is 5. The van der Waals surface area contributed by atoms with Gasteiger partial charge in [-0.05, 0) is 6.92 Å². The van der Waals surface area contributed by atoms with Crippen LogP contribution in [0.4, 0.5) is 4.79 Å². The molecule has 0 spiro atoms. The number of nitrogens with one attached hydrogen (secondary N) is 1. The summed E-state index contributed by atoms with van der Waals surface area (Å²) in [6, 6.07) is 0. The molecule has 0 rings (SSSR count). The Morgan fingerprint density at radius 1 is 1.42 bits per heavy atom. The van der Waals surface area contributed by atoms with Crippen LogP contribution in [0.15, 0.2) is 5.16 Å². The number of carbonyl (C=O) groups excluding carboxylic acids is 2. The van der Waals surface area contributed by atoms with Crippen molar-refractivity contribution in [3.63, 3.8) is 0 Å². The zero-order chi connectivity index (χ0) is 9.56. The van der Waals surface area contributed by atoms with Gasteiger partial charge in [0.2, 0.25) is 0 Å². The summed E-state index contributed by atoms with van der Waals surface area (Å²) in [5.74, 6) is -0.640. The van der Waals surface area contributed by atoms with Crippen molar-refractivity contribution in [3.05, 3.63) is 0 Å². The first-order valence-corrected chi connectivity index (χ1v) is 3.13. The zero-order valence-corrected chi connectivity index (χ0v) is 7.08. The fourth-order valence-corrected chi connectivity index (χ4v) is 0.341. The zero-order valence-electron chi connectivity index (χ0n) is 7.08. The third-order valence-corrected chi connectivity index (χ3v) is 0.950. The first-order chi connectivity index (χ1) is 5.61. The number of rotatable bonds is 2. The van der Waals surface area contributed by atoms with E-state index in [4.69, 9.17) is 0 Å². The molecule has 68 valence electrons. The molecule has 6 heteroatoms. The van der Waals surface area contributed by atoms with Crippen molar-refractivity contribution in [1.29, 1.82) is 0 Å². The van der Waals surface area contributed by atoms with E-state index < -0.39 is 12.1 Å². The van der Waals surface area contributed by atoms with Gasteiger partial charge in [0.05, 0.1) is 7.11 Å². The second-order valence-electron chi connectivity index (χ2n) is 1.80. The first kappa shape index (κ1) is 10.4. The Labute approximate surface area is 69.5 Å². The average Bonchev–Trinajstić information content (AvgIpc) is 2.11. The van der Waals surface area contributed by atoms with Crippen molar-refractivity contribution < 1.29 is 19.2 Å². The Morgan fingerprint density at radius 2 is 2.00 bits per heavy atom. The maximum absolute atomic E-state index is 10.6. The minimum Gasteiger partial charge on any atom is -0.464 e. The fourth-order valence-electron chi connectivity index (χ4n) is 0.341. The van der Waals surface area contributed by atoms with E-state index >= 15 is 0 Å². The molecule has 0 atom stereocenters. The molecular weight excluding hydrogens is 164 g/mol. The maximum Gasteiger partial charge on any atom is 0.433 e. The Kier molecular flexibility index (Phi) is 4.43. The number of ether oxygens (including phenoxy) is 1. The molecule has 0 fully saturated rings. The van der Waals surface area contributed by atoms with Gasteiger partial charge in [-0.15, -0.1) is 0 Å². The van der Waals surface area contributed by atoms with Gasteiger partial charge in [-0.3, -0.25) is 4.84 Å². The maximum atomic E-state index is 10.6. The molecule has 0 aliphatic rings. The van der Waals surface area contributed by atoms with Crippen molar-refractivity contribution in [2.24, 2.45) is 5.16 Å². The van der Waals surface area contributed by atoms with Crippen molar-refractivity contribution in [2.75, 3.05) is 14.2 Å². The number of nitrogens with zero attached hydrogens (tertiary/aromatic N) is 1. The summed E-state index contributed by atoms with van der Waals surface area (Å²) in [7, 11) is 2.59. The number of oxime groups is 1. The molecule has 0 heterocycles. The van der Waals surface area contributed by atoms with Gasteiger partial charge in [0.1, 0.15) is 0 Å². The lowest BCUT2D eigenvalue weighted by Gasteiger charge is -1.97. The number of carbonyl (C=O) groups is 2. The van der Waals surface area contributed by atoms with Crippen LogP contribution in [0, 0.1) is 0 Å². The monoisotopic (exact) mass is 174 g/mol. The molecule has 12 heavy (non-hydrogen) atoms. The number of amides is 1. The van der Waals surface area contributed by atoms with Crippen molar-refractivity contribution in [3.8, 4) is 0 Å². The number of hydrogen-bond donors (Lipinski definition) is 1. The van der Waals surface area contributed by atoms with Crippen LogP contribution in [-0.2, 0) is 14.4 Å². The minimum atomic E-state index is -0.738. The summed E-state index contributed by atoms with van der Waals surface area (Å²) >= 11 is 0. The van der Waals surface area contributed by atoms with Crippen molar-refractivity contribution >= 4 is 17.8 Å². The molecule has 0 aromatic heterocycles. The standard InChI is InChI=1S/C6H10N2O4/c1-4(5(9)11-3)8-12-6(10)7-2/h1-3H3,(H,7,10). The third-order valence-electron chi connectivity index (χ3n) is 0.950. The van der Waals surface area contributed by atoms with Gasteiger partial charge in [-0.1, -0.05) is 5.16 Å². The van der Waals surface area contributed by atoms with Crippen LogP contribution in [0.3, 0.4) is 0 Å². The Balaban J connectivity index is 4.00. The topological polar surface area (TPSA) is 77.0 Å². The highest BCUT2D eigenvalue weighted by Crippen LogP contribution is 1.84. The van der Waals surface area contributed by atoms with E-state index in [1.54, 1.807) is 0 Å². The summed E-state index contributed by atoms with van der Waals surface area (Å²) in [5, 5.41) is 5.35. The molecule has 0 aliphatic carbocycles. The summed E-state index contributed by atoms with van der Waals surface area (Å²) in [6.45, 7) is 1.37. The summed E-state index contributed by atoms with van der Waals surface area (Å²) < 4.78 is 4.30. The quantitative estimate of drug-likeness (QED) is 0.274. The van der Waals surface area contributed by atoms with Crippen LogP contribution in [0.2, 0.25) is 0 Å². The summed E-state index contributed by atoms with van der Waals surface area (Å²) in [5.41, 5.74) is -0.0268. The van der Waals surface area contributed by atoms with Gasteiger partial charge in [0.25, 0.3) is 0 Å². The number of esters is 1. The molecule has 0 saturated heterocycles. The summed E-state index contributed by atoms with van der Waals surface area (Å²) in [6.07, 6.45) is -0.738. The highest BCUT2D eigenvalue weighted by molar-refractivity contribution is 6.35. The van der Waals surface area contributed by atoms with Crippen molar-refractivity contribution in [1.82, 2.24) is 5.32 Å². The fraction of sp³-hybridized carbons (Fsp3) is 0.500. The van der Waals surface area contributed by atoms with Gasteiger partial charge < -0.3 is 10.1 Å². The second-order valence-corrected chi connectivity index (χ2v) is 1.80. The molecule has 0 aromatic carbocycles. The number of methoxy groups -OCH3 is 1. The molecule has 0 aromatic rings. The van der Waals surface area contributed by atoms with Crippen LogP contribution < -0.4 is 5.32 Å². The van der Waals surface area contributed by atoms with Crippen LogP contribution in [0.1, 0.15) is 6.92 Å². The van der Waals surface area contributed by atoms with Gasteiger partial charge in [-0.25, -0.2) is 9.59 Å². The van der Waals surface area contributed by atoms with E-state index in [-0.39, 0.29) is 5.71 Å². The molecule has 0 aliphatic heterocycles. The molecule has 0 unspecified atom stereocenters. The average molecular weight is 174 g/mol. The normalized spacial score (nSPS) is 10.4. The smallest absolute Gasteiger partial charge is 0.433 e. The van der Waals surface area contributed by atoms with Crippen LogP contribution >= 0.6 is 0 Å². The minimum absolute atomic E-state index is 0.0268. The predicted molar refractivity (Wildman–Crippen MR) is 40.7 cm³/mol. The predicted octanol–water partition coefficient (Wildman–Crippen LogP) is -0.109. The Hall–Kier alpha value is -1.59. The Bertz CT molecular complexity index is 212. The van der Waals surface area contributed by atoms with Crippen LogP contribution in [0.25, 0.3) is 0 Å². The van der Waals surface area contributed by atoms with Crippen LogP contribution in [0.5, 0.6) is 0 Å². The Morgan fingerprint density at radius 3 is 2.42 bits per heavy atom. The van der Waals surface area contributed by atoms with E-state index in [1.165, 1.54) is 21.1 Å². The first-order valence-electron chi connectivity index (χ1n) is 3.13. The molecule has 1 amide bonds. The van der Waals surface area contributed by atoms with Crippen LogP contribution in [-0.4, -0.2) is 31.9 Å². The highest BCUT2D eigenvalue weighted by atomic mass is 16.7. The second kappa shape index (κ2) is 5.11. The molecule has 0 radical (unpaired) electrons. The molecule has 0 saturated carbocycles. The van der Waals surface area contributed by atoms with Gasteiger partial charge in [0.15, 0.2) is 5.71 Å². The van der Waals surface area contributed by atoms with Gasteiger partial charge in [-0.2, -0.15) is 0 Å². The van der Waals surface area contributed by atoms with E-state index in [0.29, 0.717) is 0 Å². The van der Waals surface area contributed by atoms with E-state index in [9.17, 15) is 9.59 Å². The summed E-state index contributed by atoms with van der Waals surface area (Å²) in [4.78, 5) is 25.3. The third kappa shape index (κ3) is 3.55. The van der Waals surface area contributed by atoms with Gasteiger partial charge >= 0.3 is 12.1 Å². The molecule has 6 nitrogen and oxygen atoms in total. The van der Waals surface area contributed by atoms with E-state index in [0.717, 1.165) is 0 Å². The van der Waals surface area contributed by atoms with Gasteiger partial charge in [0, 0.05) is 7.05 Å². The lowest BCUT2D eigenvalue weighted by atomic mass is 10.4. The SMILES string of the molecule is CNC(=O)ON=C(C)C(=O)OC. The molecular formula is C6H10N2O4. The highest BCUT2D eigenvalue weighted by Gasteiger charge is 2.06. The van der Waals surface area contributed by atoms with Crippen molar-refractivity contribution in [2.45, 2.75) is 6.92 Å². The molecule has 0 bridgehead atoms. The van der Waals surface area contributed by atoms with E-state index in [2.05, 4.69) is 20.0 Å². The molecule has 1 N–H and O–H groups in total. The lowest BCUT2D eigenvalue weighted by molar-refractivity contribution is -0.132. The largest absolute Gasteiger partial charge is 0.464 e. The van der Waals surface area contributed by atoms with E-state index in [1.807, 2.05) is 0 Å². The lowest BCUT2D eigenvalue weighted by Crippen LogP contribution is -2.19.